The van der Waals surface area contributed by atoms with Gasteiger partial charge < -0.3 is 5.11 Å². The first-order valence-electron chi connectivity index (χ1n) is 5.33. The number of nitrogens with zero attached hydrogens (tertiary/aromatic N) is 1. The number of hydrogen-bond acceptors (Lipinski definition) is 4. The molecule has 0 atom stereocenters. The van der Waals surface area contributed by atoms with Gasteiger partial charge in [0.2, 0.25) is 0 Å². The van der Waals surface area contributed by atoms with Gasteiger partial charge >= 0.3 is 0 Å². The van der Waals surface area contributed by atoms with E-state index in [0.717, 1.165) is 19.3 Å². The predicted octanol–water partition coefficient (Wildman–Crippen LogP) is 1.42. The Morgan fingerprint density at radius 3 is 2.56 bits per heavy atom. The smallest absolute Gasteiger partial charge is 0.252 e. The van der Waals surface area contributed by atoms with Crippen molar-refractivity contribution in [3.8, 4) is 0 Å². The molecule has 0 unspecified atom stereocenters. The molecule has 2 heterocycles. The second-order valence-electron chi connectivity index (χ2n) is 3.90. The van der Waals surface area contributed by atoms with E-state index in [1.807, 2.05) is 0 Å². The van der Waals surface area contributed by atoms with E-state index in [4.69, 9.17) is 5.11 Å². The van der Waals surface area contributed by atoms with Crippen LogP contribution in [0, 0.1) is 0 Å². The molecular formula is C10H15NO3S2. The van der Waals surface area contributed by atoms with Crippen molar-refractivity contribution < 1.29 is 13.5 Å². The Morgan fingerprint density at radius 2 is 2.00 bits per heavy atom. The van der Waals surface area contributed by atoms with Crippen molar-refractivity contribution >= 4 is 21.4 Å². The van der Waals surface area contributed by atoms with Crippen LogP contribution >= 0.6 is 11.3 Å². The average molecular weight is 261 g/mol. The van der Waals surface area contributed by atoms with E-state index >= 15 is 0 Å². The maximum Gasteiger partial charge on any atom is 0.252 e. The fourth-order valence-electron chi connectivity index (χ4n) is 1.80. The highest BCUT2D eigenvalue weighted by Gasteiger charge is 2.27. The van der Waals surface area contributed by atoms with Crippen LogP contribution in [-0.4, -0.2) is 30.9 Å². The largest absolute Gasteiger partial charge is 0.392 e. The van der Waals surface area contributed by atoms with E-state index in [1.165, 1.54) is 11.3 Å². The molecule has 1 aliphatic heterocycles. The molecule has 90 valence electrons. The van der Waals surface area contributed by atoms with Crippen LogP contribution in [0.4, 0.5) is 0 Å². The third kappa shape index (κ3) is 2.29. The minimum absolute atomic E-state index is 0.105. The van der Waals surface area contributed by atoms with Gasteiger partial charge in [0.25, 0.3) is 10.0 Å². The number of rotatable bonds is 3. The summed E-state index contributed by atoms with van der Waals surface area (Å²) in [5.74, 6) is 0. The van der Waals surface area contributed by atoms with Gasteiger partial charge in [0.05, 0.1) is 6.61 Å². The highest BCUT2D eigenvalue weighted by Crippen LogP contribution is 2.26. The monoisotopic (exact) mass is 261 g/mol. The van der Waals surface area contributed by atoms with E-state index in [-0.39, 0.29) is 6.61 Å². The summed E-state index contributed by atoms with van der Waals surface area (Å²) in [6, 6.07) is 1.56. The summed E-state index contributed by atoms with van der Waals surface area (Å²) in [7, 11) is -3.31. The number of aliphatic hydroxyl groups excluding tert-OH is 1. The van der Waals surface area contributed by atoms with Gasteiger partial charge in [-0.2, -0.15) is 4.31 Å². The Morgan fingerprint density at radius 1 is 1.31 bits per heavy atom. The fraction of sp³-hybridized carbons (Fsp3) is 0.600. The Hall–Kier alpha value is -0.430. The van der Waals surface area contributed by atoms with E-state index < -0.39 is 10.0 Å². The van der Waals surface area contributed by atoms with Gasteiger partial charge in [-0.3, -0.25) is 0 Å². The van der Waals surface area contributed by atoms with Gasteiger partial charge in [-0.1, -0.05) is 6.42 Å². The van der Waals surface area contributed by atoms with Crippen molar-refractivity contribution in [2.75, 3.05) is 13.1 Å². The topological polar surface area (TPSA) is 57.6 Å². The summed E-state index contributed by atoms with van der Waals surface area (Å²) >= 11 is 1.19. The molecule has 4 nitrogen and oxygen atoms in total. The molecule has 0 aliphatic carbocycles. The molecule has 1 fully saturated rings. The second-order valence-corrected chi connectivity index (χ2v) is 6.97. The molecule has 0 bridgehead atoms. The van der Waals surface area contributed by atoms with Gasteiger partial charge in [0, 0.05) is 13.1 Å². The molecule has 0 radical (unpaired) electrons. The summed E-state index contributed by atoms with van der Waals surface area (Å²) in [5.41, 5.74) is 0.667. The predicted molar refractivity (Wildman–Crippen MR) is 62.9 cm³/mol. The van der Waals surface area contributed by atoms with E-state index in [2.05, 4.69) is 0 Å². The molecule has 0 spiro atoms. The van der Waals surface area contributed by atoms with Crippen LogP contribution in [0.15, 0.2) is 15.7 Å². The highest BCUT2D eigenvalue weighted by atomic mass is 32.2. The summed E-state index contributed by atoms with van der Waals surface area (Å²) in [4.78, 5) is 0. The Labute approximate surface area is 99.6 Å². The third-order valence-electron chi connectivity index (χ3n) is 2.72. The van der Waals surface area contributed by atoms with Crippen LogP contribution in [0.1, 0.15) is 24.8 Å². The molecule has 16 heavy (non-hydrogen) atoms. The minimum atomic E-state index is -3.31. The van der Waals surface area contributed by atoms with Gasteiger partial charge in [0.15, 0.2) is 0 Å². The molecule has 1 aliphatic rings. The standard InChI is InChI=1S/C10H15NO3S2/c12-7-9-6-10(15-8-9)16(13,14)11-4-2-1-3-5-11/h6,8,12H,1-5,7H2. The summed E-state index contributed by atoms with van der Waals surface area (Å²) in [6.07, 6.45) is 2.99. The fourth-order valence-corrected chi connectivity index (χ4v) is 4.67. The van der Waals surface area contributed by atoms with E-state index in [9.17, 15) is 8.42 Å². The molecule has 2 rings (SSSR count). The van der Waals surface area contributed by atoms with Gasteiger partial charge in [-0.25, -0.2) is 8.42 Å². The lowest BCUT2D eigenvalue weighted by Gasteiger charge is -2.25. The Bertz CT molecular complexity index is 446. The SMILES string of the molecule is O=S(=O)(c1cc(CO)cs1)N1CCCCC1. The maximum absolute atomic E-state index is 12.2. The van der Waals surface area contributed by atoms with Crippen LogP contribution in [0.25, 0.3) is 0 Å². The van der Waals surface area contributed by atoms with Gasteiger partial charge in [-0.05, 0) is 29.9 Å². The summed E-state index contributed by atoms with van der Waals surface area (Å²) in [6.45, 7) is 1.13. The highest BCUT2D eigenvalue weighted by molar-refractivity contribution is 7.91. The number of thiophene rings is 1. The zero-order valence-corrected chi connectivity index (χ0v) is 10.6. The third-order valence-corrected chi connectivity index (χ3v) is 6.08. The molecule has 0 amide bonds. The van der Waals surface area contributed by atoms with Gasteiger partial charge in [0.1, 0.15) is 4.21 Å². The first-order valence-corrected chi connectivity index (χ1v) is 7.65. The first-order chi connectivity index (χ1) is 7.64. The van der Waals surface area contributed by atoms with E-state index in [1.54, 1.807) is 15.8 Å². The van der Waals surface area contributed by atoms with Crippen LogP contribution in [-0.2, 0) is 16.6 Å². The van der Waals surface area contributed by atoms with Crippen LogP contribution in [0.5, 0.6) is 0 Å². The van der Waals surface area contributed by atoms with Crippen molar-refractivity contribution in [2.45, 2.75) is 30.1 Å². The van der Waals surface area contributed by atoms with Crippen molar-refractivity contribution in [1.29, 1.82) is 0 Å². The van der Waals surface area contributed by atoms with Crippen LogP contribution in [0.3, 0.4) is 0 Å². The average Bonchev–Trinajstić information content (AvgIpc) is 2.79. The maximum atomic E-state index is 12.2. The molecule has 1 aromatic heterocycles. The summed E-state index contributed by atoms with van der Waals surface area (Å²) < 4.78 is 26.2. The van der Waals surface area contributed by atoms with Crippen molar-refractivity contribution in [3.63, 3.8) is 0 Å². The molecule has 1 N–H and O–H groups in total. The molecular weight excluding hydrogens is 246 g/mol. The lowest BCUT2D eigenvalue weighted by Crippen LogP contribution is -2.35. The minimum Gasteiger partial charge on any atom is -0.392 e. The molecule has 0 saturated carbocycles. The number of aliphatic hydroxyl groups is 1. The summed E-state index contributed by atoms with van der Waals surface area (Å²) in [5, 5.41) is 10.6. The lowest BCUT2D eigenvalue weighted by molar-refractivity contribution is 0.282. The lowest BCUT2D eigenvalue weighted by atomic mass is 10.2. The number of hydrogen-bond donors (Lipinski definition) is 1. The van der Waals surface area contributed by atoms with Crippen molar-refractivity contribution in [1.82, 2.24) is 4.31 Å². The zero-order valence-electron chi connectivity index (χ0n) is 8.92. The molecule has 0 aromatic carbocycles. The number of sulfonamides is 1. The second kappa shape index (κ2) is 4.83. The first kappa shape index (κ1) is 12.0. The molecule has 6 heteroatoms. The van der Waals surface area contributed by atoms with Crippen molar-refractivity contribution in [2.24, 2.45) is 0 Å². The normalized spacial score (nSPS) is 18.8. The Balaban J connectivity index is 2.23. The van der Waals surface area contributed by atoms with Crippen LogP contribution < -0.4 is 0 Å². The Kier molecular flexibility index (Phi) is 3.63. The molecule has 1 aromatic rings. The van der Waals surface area contributed by atoms with Gasteiger partial charge in [-0.15, -0.1) is 11.3 Å². The quantitative estimate of drug-likeness (QED) is 0.895. The van der Waals surface area contributed by atoms with Crippen LogP contribution in [0.2, 0.25) is 0 Å². The van der Waals surface area contributed by atoms with E-state index in [0.29, 0.717) is 22.9 Å². The van der Waals surface area contributed by atoms with Crippen molar-refractivity contribution in [3.05, 3.63) is 17.0 Å². The number of piperidine rings is 1. The zero-order chi connectivity index (χ0) is 11.6. The molecule has 1 saturated heterocycles.